The molecule has 0 aliphatic rings. The molecular formula is C20H40O. The molecule has 0 aliphatic carbocycles. The Morgan fingerprint density at radius 3 is 1.76 bits per heavy atom. The molecule has 0 rings (SSSR count). The fourth-order valence-corrected chi connectivity index (χ4v) is 2.73. The zero-order valence-corrected chi connectivity index (χ0v) is 15.0. The van der Waals surface area contributed by atoms with Crippen LogP contribution < -0.4 is 0 Å². The van der Waals surface area contributed by atoms with Gasteiger partial charge in [0.05, 0.1) is 5.60 Å². The number of allylic oxidation sites excluding steroid dienone is 1. The van der Waals surface area contributed by atoms with Crippen molar-refractivity contribution in [2.75, 3.05) is 0 Å². The van der Waals surface area contributed by atoms with Crippen LogP contribution >= 0.6 is 0 Å². The van der Waals surface area contributed by atoms with Gasteiger partial charge in [-0.1, -0.05) is 96.6 Å². The van der Waals surface area contributed by atoms with Gasteiger partial charge in [-0.05, 0) is 26.2 Å². The largest absolute Gasteiger partial charge is 0.386 e. The van der Waals surface area contributed by atoms with Crippen molar-refractivity contribution in [2.24, 2.45) is 0 Å². The highest BCUT2D eigenvalue weighted by Gasteiger charge is 2.14. The van der Waals surface area contributed by atoms with Crippen molar-refractivity contribution in [2.45, 2.75) is 116 Å². The van der Waals surface area contributed by atoms with Gasteiger partial charge in [-0.25, -0.2) is 0 Å². The van der Waals surface area contributed by atoms with Crippen LogP contribution in [0.2, 0.25) is 0 Å². The number of hydrogen-bond donors (Lipinski definition) is 1. The lowest BCUT2D eigenvalue weighted by atomic mass is 9.97. The Morgan fingerprint density at radius 1 is 0.714 bits per heavy atom. The summed E-state index contributed by atoms with van der Waals surface area (Å²) in [7, 11) is 0. The molecular weight excluding hydrogens is 256 g/mol. The zero-order chi connectivity index (χ0) is 15.8. The Kier molecular flexibility index (Phi) is 14.4. The summed E-state index contributed by atoms with van der Waals surface area (Å²) in [6.45, 7) is 6.44. The lowest BCUT2D eigenvalue weighted by Gasteiger charge is -2.18. The summed E-state index contributed by atoms with van der Waals surface area (Å²) in [6.07, 6.45) is 22.1. The van der Waals surface area contributed by atoms with E-state index in [9.17, 15) is 5.11 Å². The Morgan fingerprint density at radius 2 is 1.19 bits per heavy atom. The van der Waals surface area contributed by atoms with E-state index in [1.54, 1.807) is 0 Å². The molecule has 0 spiro atoms. The van der Waals surface area contributed by atoms with Crippen molar-refractivity contribution in [1.29, 1.82) is 0 Å². The SMILES string of the molecule is CCCCCCCCCCC=CC(C)(O)CCCCCC. The van der Waals surface area contributed by atoms with Crippen LogP contribution in [0.3, 0.4) is 0 Å². The average Bonchev–Trinajstić information content (AvgIpc) is 2.45. The topological polar surface area (TPSA) is 20.2 Å². The normalized spacial score (nSPS) is 14.7. The molecule has 21 heavy (non-hydrogen) atoms. The molecule has 1 unspecified atom stereocenters. The Balaban J connectivity index is 3.43. The maximum Gasteiger partial charge on any atom is 0.0799 e. The molecule has 0 saturated heterocycles. The number of hydrogen-bond acceptors (Lipinski definition) is 1. The van der Waals surface area contributed by atoms with Crippen LogP contribution in [0.4, 0.5) is 0 Å². The van der Waals surface area contributed by atoms with Crippen molar-refractivity contribution in [3.05, 3.63) is 12.2 Å². The minimum atomic E-state index is -0.589. The molecule has 1 nitrogen and oxygen atoms in total. The maximum atomic E-state index is 10.3. The molecule has 0 aromatic heterocycles. The molecule has 0 saturated carbocycles. The lowest BCUT2D eigenvalue weighted by Crippen LogP contribution is -2.20. The fourth-order valence-electron chi connectivity index (χ4n) is 2.73. The highest BCUT2D eigenvalue weighted by Crippen LogP contribution is 2.17. The second-order valence-electron chi connectivity index (χ2n) is 6.83. The Hall–Kier alpha value is -0.300. The minimum Gasteiger partial charge on any atom is -0.386 e. The van der Waals surface area contributed by atoms with Crippen LogP contribution in [0.15, 0.2) is 12.2 Å². The standard InChI is InChI=1S/C20H40O/c1-4-6-8-10-11-12-13-14-15-17-19-20(3,21)18-16-9-7-5-2/h17,19,21H,4-16,18H2,1-3H3. The third-order valence-electron chi connectivity index (χ3n) is 4.24. The van der Waals surface area contributed by atoms with Crippen molar-refractivity contribution < 1.29 is 5.11 Å². The van der Waals surface area contributed by atoms with Gasteiger partial charge in [-0.15, -0.1) is 0 Å². The first-order valence-electron chi connectivity index (χ1n) is 9.52. The van der Waals surface area contributed by atoms with E-state index >= 15 is 0 Å². The molecule has 0 bridgehead atoms. The van der Waals surface area contributed by atoms with Crippen molar-refractivity contribution in [3.8, 4) is 0 Å². The fraction of sp³-hybridized carbons (Fsp3) is 0.900. The van der Waals surface area contributed by atoms with Gasteiger partial charge in [0.2, 0.25) is 0 Å². The molecule has 126 valence electrons. The number of unbranched alkanes of at least 4 members (excludes halogenated alkanes) is 11. The molecule has 1 atom stereocenters. The molecule has 0 aromatic rings. The van der Waals surface area contributed by atoms with Crippen LogP contribution in [0.25, 0.3) is 0 Å². The second kappa shape index (κ2) is 14.6. The molecule has 0 amide bonds. The summed E-state index contributed by atoms with van der Waals surface area (Å²) < 4.78 is 0. The van der Waals surface area contributed by atoms with Crippen LogP contribution in [-0.2, 0) is 0 Å². The summed E-state index contributed by atoms with van der Waals surface area (Å²) in [5.41, 5.74) is -0.589. The van der Waals surface area contributed by atoms with E-state index < -0.39 is 5.60 Å². The molecule has 0 heterocycles. The monoisotopic (exact) mass is 296 g/mol. The van der Waals surface area contributed by atoms with Crippen molar-refractivity contribution >= 4 is 0 Å². The first kappa shape index (κ1) is 20.7. The van der Waals surface area contributed by atoms with E-state index in [-0.39, 0.29) is 0 Å². The van der Waals surface area contributed by atoms with E-state index in [1.165, 1.54) is 70.6 Å². The summed E-state index contributed by atoms with van der Waals surface area (Å²) in [4.78, 5) is 0. The lowest BCUT2D eigenvalue weighted by molar-refractivity contribution is 0.0982. The molecule has 1 N–H and O–H groups in total. The summed E-state index contributed by atoms with van der Waals surface area (Å²) >= 11 is 0. The highest BCUT2D eigenvalue weighted by atomic mass is 16.3. The Bertz CT molecular complexity index is 230. The third kappa shape index (κ3) is 15.9. The van der Waals surface area contributed by atoms with Gasteiger partial charge >= 0.3 is 0 Å². The average molecular weight is 297 g/mol. The van der Waals surface area contributed by atoms with E-state index in [4.69, 9.17) is 0 Å². The van der Waals surface area contributed by atoms with E-state index in [2.05, 4.69) is 19.9 Å². The number of aliphatic hydroxyl groups is 1. The van der Waals surface area contributed by atoms with Gasteiger partial charge in [0, 0.05) is 0 Å². The van der Waals surface area contributed by atoms with Gasteiger partial charge in [-0.2, -0.15) is 0 Å². The first-order valence-corrected chi connectivity index (χ1v) is 9.52. The molecule has 0 aliphatic heterocycles. The van der Waals surface area contributed by atoms with Crippen molar-refractivity contribution in [1.82, 2.24) is 0 Å². The molecule has 1 heteroatoms. The zero-order valence-electron chi connectivity index (χ0n) is 15.0. The third-order valence-corrected chi connectivity index (χ3v) is 4.24. The van der Waals surface area contributed by atoms with Crippen LogP contribution in [0.1, 0.15) is 111 Å². The summed E-state index contributed by atoms with van der Waals surface area (Å²) in [5.74, 6) is 0. The van der Waals surface area contributed by atoms with Gasteiger partial charge < -0.3 is 5.11 Å². The number of rotatable bonds is 15. The van der Waals surface area contributed by atoms with Crippen molar-refractivity contribution in [3.63, 3.8) is 0 Å². The van der Waals surface area contributed by atoms with Crippen LogP contribution in [0, 0.1) is 0 Å². The molecule has 0 fully saturated rings. The van der Waals surface area contributed by atoms with E-state index in [0.717, 1.165) is 19.3 Å². The predicted octanol–water partition coefficient (Wildman–Crippen LogP) is 6.79. The van der Waals surface area contributed by atoms with Crippen LogP contribution in [0.5, 0.6) is 0 Å². The van der Waals surface area contributed by atoms with E-state index in [1.807, 2.05) is 13.0 Å². The van der Waals surface area contributed by atoms with E-state index in [0.29, 0.717) is 0 Å². The maximum absolute atomic E-state index is 10.3. The quantitative estimate of drug-likeness (QED) is 0.260. The minimum absolute atomic E-state index is 0.589. The van der Waals surface area contributed by atoms with Gasteiger partial charge in [0.1, 0.15) is 0 Å². The Labute approximate surface area is 134 Å². The highest BCUT2D eigenvalue weighted by molar-refractivity contribution is 4.97. The van der Waals surface area contributed by atoms with Gasteiger partial charge in [0.15, 0.2) is 0 Å². The predicted molar refractivity (Wildman–Crippen MR) is 95.7 cm³/mol. The summed E-state index contributed by atoms with van der Waals surface area (Å²) in [6, 6.07) is 0. The molecule has 0 radical (unpaired) electrons. The van der Waals surface area contributed by atoms with Crippen LogP contribution in [-0.4, -0.2) is 10.7 Å². The molecule has 0 aromatic carbocycles. The van der Waals surface area contributed by atoms with Gasteiger partial charge in [-0.3, -0.25) is 0 Å². The van der Waals surface area contributed by atoms with Gasteiger partial charge in [0.25, 0.3) is 0 Å². The first-order chi connectivity index (χ1) is 10.1. The smallest absolute Gasteiger partial charge is 0.0799 e. The summed E-state index contributed by atoms with van der Waals surface area (Å²) in [5, 5.41) is 10.3. The second-order valence-corrected chi connectivity index (χ2v) is 6.83.